The molecule has 6 rings (SSSR count). The molecule has 0 bridgehead atoms. The Bertz CT molecular complexity index is 1190. The van der Waals surface area contributed by atoms with Crippen molar-refractivity contribution in [2.24, 2.45) is 11.8 Å². The van der Waals surface area contributed by atoms with E-state index in [4.69, 9.17) is 0 Å². The van der Waals surface area contributed by atoms with E-state index in [-0.39, 0.29) is 0 Å². The summed E-state index contributed by atoms with van der Waals surface area (Å²) < 4.78 is 0. The molecule has 0 aromatic heterocycles. The van der Waals surface area contributed by atoms with Crippen LogP contribution in [0.5, 0.6) is 0 Å². The Hall–Kier alpha value is -2.86. The lowest BCUT2D eigenvalue weighted by atomic mass is 9.85. The fraction of sp³-hybridized carbons (Fsp3) is 0.214. The molecule has 136 valence electrons. The molecule has 2 atom stereocenters. The number of fused-ring (bicyclic) bond motifs is 6. The first-order valence-corrected chi connectivity index (χ1v) is 10.5. The van der Waals surface area contributed by atoms with Gasteiger partial charge in [0, 0.05) is 0 Å². The normalized spacial score (nSPS) is 23.4. The van der Waals surface area contributed by atoms with E-state index in [1.54, 1.807) is 11.1 Å². The van der Waals surface area contributed by atoms with Crippen molar-refractivity contribution in [3.8, 4) is 0 Å². The minimum Gasteiger partial charge on any atom is -0.0616 e. The summed E-state index contributed by atoms with van der Waals surface area (Å²) in [4.78, 5) is 0. The molecule has 0 amide bonds. The zero-order valence-corrected chi connectivity index (χ0v) is 16.5. The predicted molar refractivity (Wildman–Crippen MR) is 120 cm³/mol. The molecule has 0 unspecified atom stereocenters. The van der Waals surface area contributed by atoms with E-state index in [0.717, 1.165) is 12.8 Å². The molecule has 0 heterocycles. The standard InChI is InChI=1S/C28H24/c1-17-15-21-13-11-19-7-3-5-9-23(19)27(21)25(17)26-18(2)16-22-14-12-20-8-4-6-10-24(20)28(22)26/h3-14,17-18H,15-16H2,1-2H3/b26-25-/t17-,18-/m1/s1. The maximum atomic E-state index is 2.42. The van der Waals surface area contributed by atoms with Crippen LogP contribution in [0.25, 0.3) is 32.7 Å². The molecule has 28 heavy (non-hydrogen) atoms. The molecule has 0 saturated carbocycles. The molecule has 0 spiro atoms. The highest BCUT2D eigenvalue weighted by molar-refractivity contribution is 6.10. The van der Waals surface area contributed by atoms with Gasteiger partial charge in [-0.15, -0.1) is 0 Å². The molecule has 0 aliphatic heterocycles. The first kappa shape index (κ1) is 16.1. The Morgan fingerprint density at radius 2 is 0.964 bits per heavy atom. The molecular formula is C28H24. The minimum absolute atomic E-state index is 0.572. The van der Waals surface area contributed by atoms with Crippen molar-refractivity contribution in [3.63, 3.8) is 0 Å². The van der Waals surface area contributed by atoms with Gasteiger partial charge in [-0.2, -0.15) is 0 Å². The number of benzene rings is 4. The second-order valence-electron chi connectivity index (χ2n) is 8.68. The second-order valence-corrected chi connectivity index (χ2v) is 8.68. The third kappa shape index (κ3) is 2.12. The van der Waals surface area contributed by atoms with Crippen LogP contribution in [0, 0.1) is 11.8 Å². The van der Waals surface area contributed by atoms with Crippen molar-refractivity contribution in [3.05, 3.63) is 95.1 Å². The lowest BCUT2D eigenvalue weighted by molar-refractivity contribution is 0.754. The molecule has 0 N–H and O–H groups in total. The quantitative estimate of drug-likeness (QED) is 0.309. The number of rotatable bonds is 0. The van der Waals surface area contributed by atoms with Gasteiger partial charge in [0.2, 0.25) is 0 Å². The fourth-order valence-electron chi connectivity index (χ4n) is 5.77. The van der Waals surface area contributed by atoms with E-state index in [1.807, 2.05) is 0 Å². The van der Waals surface area contributed by atoms with Gasteiger partial charge in [0.05, 0.1) is 0 Å². The summed E-state index contributed by atoms with van der Waals surface area (Å²) in [7, 11) is 0. The van der Waals surface area contributed by atoms with Crippen LogP contribution >= 0.6 is 0 Å². The van der Waals surface area contributed by atoms with Crippen LogP contribution in [0.4, 0.5) is 0 Å². The Labute approximate surface area is 166 Å². The highest BCUT2D eigenvalue weighted by Crippen LogP contribution is 2.51. The average Bonchev–Trinajstić information content (AvgIpc) is 3.23. The van der Waals surface area contributed by atoms with E-state index in [2.05, 4.69) is 86.6 Å². The van der Waals surface area contributed by atoms with Crippen molar-refractivity contribution in [1.82, 2.24) is 0 Å². The third-order valence-corrected chi connectivity index (χ3v) is 6.90. The molecule has 0 nitrogen and oxygen atoms in total. The maximum Gasteiger partial charge on any atom is -0.0106 e. The van der Waals surface area contributed by atoms with Crippen LogP contribution in [0.1, 0.15) is 36.1 Å². The minimum atomic E-state index is 0.572. The molecule has 0 radical (unpaired) electrons. The van der Waals surface area contributed by atoms with E-state index in [1.165, 1.54) is 43.8 Å². The Kier molecular flexibility index (Phi) is 3.35. The van der Waals surface area contributed by atoms with Crippen LogP contribution < -0.4 is 0 Å². The molecule has 0 fully saturated rings. The van der Waals surface area contributed by atoms with E-state index >= 15 is 0 Å². The van der Waals surface area contributed by atoms with Gasteiger partial charge in [-0.3, -0.25) is 0 Å². The van der Waals surface area contributed by atoms with Crippen molar-refractivity contribution < 1.29 is 0 Å². The number of allylic oxidation sites excluding steroid dienone is 2. The smallest absolute Gasteiger partial charge is 0.0106 e. The van der Waals surface area contributed by atoms with Crippen LogP contribution in [0.2, 0.25) is 0 Å². The van der Waals surface area contributed by atoms with Crippen molar-refractivity contribution >= 4 is 32.7 Å². The topological polar surface area (TPSA) is 0 Å². The number of hydrogen-bond donors (Lipinski definition) is 0. The lowest BCUT2D eigenvalue weighted by Gasteiger charge is -2.18. The third-order valence-electron chi connectivity index (χ3n) is 6.90. The zero-order valence-electron chi connectivity index (χ0n) is 16.5. The highest BCUT2D eigenvalue weighted by atomic mass is 14.4. The summed E-state index contributed by atoms with van der Waals surface area (Å²) >= 11 is 0. The summed E-state index contributed by atoms with van der Waals surface area (Å²) in [6.07, 6.45) is 2.32. The van der Waals surface area contributed by atoms with Crippen LogP contribution in [-0.4, -0.2) is 0 Å². The molecule has 4 aromatic carbocycles. The Morgan fingerprint density at radius 1 is 0.536 bits per heavy atom. The van der Waals surface area contributed by atoms with Crippen LogP contribution in [0.15, 0.2) is 72.8 Å². The van der Waals surface area contributed by atoms with Gasteiger partial charge in [0.15, 0.2) is 0 Å². The largest absolute Gasteiger partial charge is 0.0616 e. The predicted octanol–water partition coefficient (Wildman–Crippen LogP) is 7.29. The maximum absolute atomic E-state index is 2.42. The van der Waals surface area contributed by atoms with Gasteiger partial charge in [0.25, 0.3) is 0 Å². The van der Waals surface area contributed by atoms with Crippen LogP contribution in [0.3, 0.4) is 0 Å². The molecular weight excluding hydrogens is 336 g/mol. The average molecular weight is 361 g/mol. The van der Waals surface area contributed by atoms with Crippen molar-refractivity contribution in [2.75, 3.05) is 0 Å². The van der Waals surface area contributed by atoms with E-state index < -0.39 is 0 Å². The van der Waals surface area contributed by atoms with E-state index in [9.17, 15) is 0 Å². The molecule has 4 aromatic rings. The number of hydrogen-bond acceptors (Lipinski definition) is 0. The molecule has 2 aliphatic carbocycles. The Balaban J connectivity index is 1.75. The van der Waals surface area contributed by atoms with Gasteiger partial charge >= 0.3 is 0 Å². The summed E-state index contributed by atoms with van der Waals surface area (Å²) in [5, 5.41) is 5.56. The van der Waals surface area contributed by atoms with E-state index in [0.29, 0.717) is 11.8 Å². The zero-order chi connectivity index (χ0) is 18.8. The first-order chi connectivity index (χ1) is 13.7. The van der Waals surface area contributed by atoms with Gasteiger partial charge in [-0.25, -0.2) is 0 Å². The van der Waals surface area contributed by atoms with Gasteiger partial charge in [0.1, 0.15) is 0 Å². The lowest BCUT2D eigenvalue weighted by Crippen LogP contribution is -2.00. The summed E-state index contributed by atoms with van der Waals surface area (Å²) in [6, 6.07) is 27.2. The van der Waals surface area contributed by atoms with Gasteiger partial charge < -0.3 is 0 Å². The Morgan fingerprint density at radius 3 is 1.43 bits per heavy atom. The summed E-state index contributed by atoms with van der Waals surface area (Å²) in [5.41, 5.74) is 9.30. The monoisotopic (exact) mass is 360 g/mol. The first-order valence-electron chi connectivity index (χ1n) is 10.5. The second kappa shape index (κ2) is 5.82. The highest BCUT2D eigenvalue weighted by Gasteiger charge is 2.34. The molecule has 2 aliphatic rings. The van der Waals surface area contributed by atoms with Crippen molar-refractivity contribution in [2.45, 2.75) is 26.7 Å². The SMILES string of the molecule is C[C@@H]1Cc2ccc3ccccc3c2/C1=C1\c2c(ccc3ccccc23)C[C@H]1C. The molecule has 0 saturated heterocycles. The van der Waals surface area contributed by atoms with Gasteiger partial charge in [-0.1, -0.05) is 86.6 Å². The fourth-order valence-corrected chi connectivity index (χ4v) is 5.77. The van der Waals surface area contributed by atoms with Crippen LogP contribution in [-0.2, 0) is 12.8 Å². The molecule has 0 heteroatoms. The summed E-state index contributed by atoms with van der Waals surface area (Å²) in [6.45, 7) is 4.85. The van der Waals surface area contributed by atoms with Gasteiger partial charge in [-0.05, 0) is 79.6 Å². The summed E-state index contributed by atoms with van der Waals surface area (Å²) in [5.74, 6) is 1.14. The van der Waals surface area contributed by atoms with Crippen molar-refractivity contribution in [1.29, 1.82) is 0 Å².